The largest absolute Gasteiger partial charge is 0.474 e. The van der Waals surface area contributed by atoms with Gasteiger partial charge in [-0.15, -0.1) is 0 Å². The molecule has 9 heteroatoms. The van der Waals surface area contributed by atoms with E-state index >= 15 is 0 Å². The summed E-state index contributed by atoms with van der Waals surface area (Å²) in [6, 6.07) is 14.8. The normalized spacial score (nSPS) is 16.0. The van der Waals surface area contributed by atoms with E-state index in [0.717, 1.165) is 41.5 Å². The molecule has 2 aliphatic rings. The summed E-state index contributed by atoms with van der Waals surface area (Å²) < 4.78 is 5.39. The lowest BCUT2D eigenvalue weighted by molar-refractivity contribution is -0.151. The lowest BCUT2D eigenvalue weighted by Gasteiger charge is -2.29. The van der Waals surface area contributed by atoms with Crippen LogP contribution in [0.3, 0.4) is 0 Å². The highest BCUT2D eigenvalue weighted by Gasteiger charge is 2.33. The van der Waals surface area contributed by atoms with Crippen LogP contribution in [-0.2, 0) is 19.1 Å². The second-order valence-electron chi connectivity index (χ2n) is 8.59. The molecule has 34 heavy (non-hydrogen) atoms. The fraction of sp³-hybridized carbons (Fsp3) is 0.360. The first-order valence-electron chi connectivity index (χ1n) is 11.4. The Balaban J connectivity index is 1.35. The zero-order valence-electron chi connectivity index (χ0n) is 18.6. The molecular formula is C25H27N3O6. The molecule has 1 fully saturated rings. The molecule has 2 aromatic rings. The third-order valence-corrected chi connectivity index (χ3v) is 6.52. The van der Waals surface area contributed by atoms with E-state index in [1.807, 2.05) is 48.5 Å². The molecule has 9 nitrogen and oxygen atoms in total. The number of aliphatic carboxylic acids is 1. The van der Waals surface area contributed by atoms with Gasteiger partial charge in [0.05, 0.1) is 0 Å². The topological polar surface area (TPSA) is 134 Å². The lowest BCUT2D eigenvalue weighted by Crippen LogP contribution is -2.56. The third-order valence-electron chi connectivity index (χ3n) is 6.52. The molecule has 1 unspecified atom stereocenters. The molecule has 4 N–H and O–H groups in total. The number of hydrogen-bond donors (Lipinski definition) is 4. The fourth-order valence-corrected chi connectivity index (χ4v) is 4.89. The minimum atomic E-state index is -1.67. The van der Waals surface area contributed by atoms with E-state index in [1.54, 1.807) is 0 Å². The van der Waals surface area contributed by atoms with E-state index in [1.165, 1.54) is 0 Å². The van der Waals surface area contributed by atoms with Crippen LogP contribution >= 0.6 is 0 Å². The quantitative estimate of drug-likeness (QED) is 0.396. The van der Waals surface area contributed by atoms with Gasteiger partial charge in [0.2, 0.25) is 0 Å². The van der Waals surface area contributed by atoms with Crippen molar-refractivity contribution < 1.29 is 29.0 Å². The molecule has 4 rings (SSSR count). The smallest absolute Gasteiger partial charge is 0.426 e. The van der Waals surface area contributed by atoms with Crippen LogP contribution in [0.25, 0.3) is 11.1 Å². The average Bonchev–Trinajstić information content (AvgIpc) is 3.18. The van der Waals surface area contributed by atoms with E-state index < -0.39 is 29.9 Å². The Hall–Kier alpha value is -3.88. The Bertz CT molecular complexity index is 1050. The van der Waals surface area contributed by atoms with Crippen LogP contribution in [0.1, 0.15) is 49.1 Å². The number of hydrogen-bond acceptors (Lipinski definition) is 5. The summed E-state index contributed by atoms with van der Waals surface area (Å²) in [5, 5.41) is 11.2. The number of rotatable bonds is 5. The summed E-state index contributed by atoms with van der Waals surface area (Å²) in [6.07, 6.45) is 3.32. The summed E-state index contributed by atoms with van der Waals surface area (Å²) in [4.78, 5) is 47.7. The first kappa shape index (κ1) is 23.3. The van der Waals surface area contributed by atoms with Crippen molar-refractivity contribution in [2.24, 2.45) is 5.92 Å². The molecule has 0 heterocycles. The van der Waals surface area contributed by atoms with Crippen molar-refractivity contribution in [3.05, 3.63) is 59.7 Å². The van der Waals surface area contributed by atoms with Gasteiger partial charge in [0.25, 0.3) is 5.91 Å². The number of carboxylic acids is 1. The average molecular weight is 466 g/mol. The molecule has 0 spiro atoms. The Morgan fingerprint density at radius 3 is 2.06 bits per heavy atom. The van der Waals surface area contributed by atoms with Gasteiger partial charge in [-0.25, -0.2) is 15.0 Å². The van der Waals surface area contributed by atoms with E-state index in [2.05, 4.69) is 16.2 Å². The summed E-state index contributed by atoms with van der Waals surface area (Å²) in [5.74, 6) is -3.94. The van der Waals surface area contributed by atoms with Crippen molar-refractivity contribution in [1.29, 1.82) is 0 Å². The number of carbonyl (C=O) groups is 4. The summed E-state index contributed by atoms with van der Waals surface area (Å²) in [5.41, 5.74) is 8.82. The van der Waals surface area contributed by atoms with Crippen LogP contribution in [0.5, 0.6) is 0 Å². The third kappa shape index (κ3) is 5.03. The van der Waals surface area contributed by atoms with Crippen molar-refractivity contribution in [3.63, 3.8) is 0 Å². The fourth-order valence-electron chi connectivity index (χ4n) is 4.89. The molecule has 0 bridgehead atoms. The SMILES string of the molecule is O=C(NNC(=O)C(NC(=O)C(=O)O)C1CCCCC1)OCC1c2ccccc2-c2ccccc21. The van der Waals surface area contributed by atoms with E-state index in [0.29, 0.717) is 12.8 Å². The van der Waals surface area contributed by atoms with Gasteiger partial charge in [0, 0.05) is 5.92 Å². The van der Waals surface area contributed by atoms with Gasteiger partial charge in [0.1, 0.15) is 12.6 Å². The number of amides is 3. The summed E-state index contributed by atoms with van der Waals surface area (Å²) >= 11 is 0. The van der Waals surface area contributed by atoms with Gasteiger partial charge in [-0.1, -0.05) is 67.8 Å². The van der Waals surface area contributed by atoms with Gasteiger partial charge in [-0.05, 0) is 41.0 Å². The van der Waals surface area contributed by atoms with Crippen LogP contribution in [0.4, 0.5) is 4.79 Å². The molecule has 3 amide bonds. The van der Waals surface area contributed by atoms with E-state index in [9.17, 15) is 19.2 Å². The number of carbonyl (C=O) groups excluding carboxylic acids is 3. The number of fused-ring (bicyclic) bond motifs is 3. The highest BCUT2D eigenvalue weighted by Crippen LogP contribution is 2.44. The van der Waals surface area contributed by atoms with Crippen LogP contribution in [-0.4, -0.2) is 41.6 Å². The maximum Gasteiger partial charge on any atom is 0.426 e. The first-order chi connectivity index (χ1) is 16.5. The van der Waals surface area contributed by atoms with Gasteiger partial charge >= 0.3 is 18.0 Å². The van der Waals surface area contributed by atoms with Crippen molar-refractivity contribution in [2.75, 3.05) is 6.61 Å². The monoisotopic (exact) mass is 465 g/mol. The molecule has 0 aliphatic heterocycles. The minimum absolute atomic E-state index is 0.0809. The van der Waals surface area contributed by atoms with Crippen molar-refractivity contribution >= 4 is 23.9 Å². The molecule has 2 aliphatic carbocycles. The van der Waals surface area contributed by atoms with Crippen molar-refractivity contribution in [3.8, 4) is 11.1 Å². The number of hydrazine groups is 1. The summed E-state index contributed by atoms with van der Waals surface area (Å²) in [6.45, 7) is 0.0809. The zero-order chi connectivity index (χ0) is 24.1. The Morgan fingerprint density at radius 2 is 1.47 bits per heavy atom. The maximum absolute atomic E-state index is 12.7. The van der Waals surface area contributed by atoms with E-state index in [4.69, 9.17) is 9.84 Å². The lowest BCUT2D eigenvalue weighted by atomic mass is 9.83. The van der Waals surface area contributed by atoms with Gasteiger partial charge < -0.3 is 15.2 Å². The van der Waals surface area contributed by atoms with Crippen molar-refractivity contribution in [1.82, 2.24) is 16.2 Å². The van der Waals surface area contributed by atoms with Crippen LogP contribution in [0.2, 0.25) is 0 Å². The molecule has 178 valence electrons. The number of ether oxygens (including phenoxy) is 1. The Labute approximate surface area is 196 Å². The maximum atomic E-state index is 12.7. The molecule has 0 saturated heterocycles. The van der Waals surface area contributed by atoms with Crippen LogP contribution in [0.15, 0.2) is 48.5 Å². The van der Waals surface area contributed by atoms with Gasteiger partial charge in [-0.3, -0.25) is 15.0 Å². The van der Waals surface area contributed by atoms with Gasteiger partial charge in [-0.2, -0.15) is 0 Å². The Morgan fingerprint density at radius 1 is 0.882 bits per heavy atom. The highest BCUT2D eigenvalue weighted by atomic mass is 16.6. The second-order valence-corrected chi connectivity index (χ2v) is 8.59. The first-order valence-corrected chi connectivity index (χ1v) is 11.4. The predicted octanol–water partition coefficient (Wildman–Crippen LogP) is 2.71. The molecule has 0 radical (unpaired) electrons. The van der Waals surface area contributed by atoms with Crippen LogP contribution in [0, 0.1) is 5.92 Å². The second kappa shape index (κ2) is 10.4. The highest BCUT2D eigenvalue weighted by molar-refractivity contribution is 6.32. The standard InChI is InChI=1S/C25H27N3O6/c29-22(21(26-23(30)24(31)32)15-8-2-1-3-9-15)27-28-25(33)34-14-20-18-12-6-4-10-16(18)17-11-5-7-13-19(17)20/h4-7,10-13,15,20-21H,1-3,8-9,14H2,(H,26,30)(H,27,29)(H,28,33)(H,31,32). The molecule has 1 saturated carbocycles. The van der Waals surface area contributed by atoms with Crippen molar-refractivity contribution in [2.45, 2.75) is 44.1 Å². The Kier molecular flexibility index (Phi) is 7.10. The molecule has 1 atom stereocenters. The number of benzene rings is 2. The minimum Gasteiger partial charge on any atom is -0.474 e. The van der Waals surface area contributed by atoms with E-state index in [-0.39, 0.29) is 18.4 Å². The molecular weight excluding hydrogens is 438 g/mol. The number of nitrogens with one attached hydrogen (secondary N) is 3. The van der Waals surface area contributed by atoms with Crippen LogP contribution < -0.4 is 16.2 Å². The zero-order valence-corrected chi connectivity index (χ0v) is 18.6. The van der Waals surface area contributed by atoms with Gasteiger partial charge in [0.15, 0.2) is 0 Å². The number of carboxylic acid groups (broad SMARTS) is 1. The molecule has 0 aromatic heterocycles. The molecule has 2 aromatic carbocycles. The summed E-state index contributed by atoms with van der Waals surface area (Å²) in [7, 11) is 0. The predicted molar refractivity (Wildman–Crippen MR) is 122 cm³/mol.